The van der Waals surface area contributed by atoms with Gasteiger partial charge in [-0.25, -0.2) is 0 Å². The zero-order valence-corrected chi connectivity index (χ0v) is 11.8. The van der Waals surface area contributed by atoms with E-state index in [1.54, 1.807) is 0 Å². The zero-order chi connectivity index (χ0) is 13.8. The van der Waals surface area contributed by atoms with Crippen molar-refractivity contribution in [3.63, 3.8) is 0 Å². The van der Waals surface area contributed by atoms with Gasteiger partial charge in [-0.05, 0) is 38.4 Å². The van der Waals surface area contributed by atoms with Crippen molar-refractivity contribution in [2.45, 2.75) is 25.8 Å². The summed E-state index contributed by atoms with van der Waals surface area (Å²) >= 11 is 0. The summed E-state index contributed by atoms with van der Waals surface area (Å²) in [4.78, 5) is 15.5. The predicted molar refractivity (Wildman–Crippen MR) is 78.2 cm³/mol. The Labute approximate surface area is 115 Å². The first-order valence-electron chi connectivity index (χ1n) is 6.87. The van der Waals surface area contributed by atoms with E-state index in [0.29, 0.717) is 12.6 Å². The second-order valence-corrected chi connectivity index (χ2v) is 5.39. The van der Waals surface area contributed by atoms with Crippen LogP contribution in [0.2, 0.25) is 0 Å². The molecule has 0 radical (unpaired) electrons. The molecular weight excluding hydrogens is 238 g/mol. The number of nitrogens with two attached hydrogens (primary N) is 1. The fraction of sp³-hybridized carbons (Fsp3) is 0.533. The van der Waals surface area contributed by atoms with Crippen LogP contribution in [0.5, 0.6) is 0 Å². The number of primary amides is 1. The van der Waals surface area contributed by atoms with E-state index in [-0.39, 0.29) is 5.91 Å². The molecule has 0 aliphatic carbocycles. The van der Waals surface area contributed by atoms with E-state index >= 15 is 0 Å². The van der Waals surface area contributed by atoms with E-state index in [9.17, 15) is 4.79 Å². The van der Waals surface area contributed by atoms with Gasteiger partial charge in [-0.3, -0.25) is 9.69 Å². The van der Waals surface area contributed by atoms with E-state index in [4.69, 9.17) is 5.73 Å². The molecule has 4 heteroatoms. The first kappa shape index (κ1) is 13.9. The highest BCUT2D eigenvalue weighted by Gasteiger charge is 2.23. The van der Waals surface area contributed by atoms with Gasteiger partial charge in [-0.15, -0.1) is 0 Å². The van der Waals surface area contributed by atoms with Gasteiger partial charge < -0.3 is 10.6 Å². The van der Waals surface area contributed by atoms with E-state index in [0.717, 1.165) is 25.9 Å². The summed E-state index contributed by atoms with van der Waals surface area (Å²) < 4.78 is 0. The highest BCUT2D eigenvalue weighted by atomic mass is 16.1. The minimum absolute atomic E-state index is 0.246. The van der Waals surface area contributed by atoms with Crippen LogP contribution < -0.4 is 10.6 Å². The third kappa shape index (κ3) is 3.47. The van der Waals surface area contributed by atoms with Crippen LogP contribution in [0, 0.1) is 6.92 Å². The van der Waals surface area contributed by atoms with Gasteiger partial charge in [0.25, 0.3) is 0 Å². The van der Waals surface area contributed by atoms with Gasteiger partial charge in [0.2, 0.25) is 5.91 Å². The SMILES string of the molecule is Cc1ccccc1N1CCC(N(C)CC(N)=O)CC1. The van der Waals surface area contributed by atoms with Crippen LogP contribution >= 0.6 is 0 Å². The molecule has 1 saturated heterocycles. The molecule has 1 aliphatic heterocycles. The van der Waals surface area contributed by atoms with E-state index in [1.807, 2.05) is 7.05 Å². The lowest BCUT2D eigenvalue weighted by molar-refractivity contribution is -0.119. The summed E-state index contributed by atoms with van der Waals surface area (Å²) in [6, 6.07) is 8.97. The zero-order valence-electron chi connectivity index (χ0n) is 11.8. The smallest absolute Gasteiger partial charge is 0.231 e. The quantitative estimate of drug-likeness (QED) is 0.891. The highest BCUT2D eigenvalue weighted by Crippen LogP contribution is 2.24. The molecule has 0 spiro atoms. The second kappa shape index (κ2) is 6.06. The Morgan fingerprint density at radius 3 is 2.58 bits per heavy atom. The first-order chi connectivity index (χ1) is 9.08. The number of benzene rings is 1. The maximum Gasteiger partial charge on any atom is 0.231 e. The van der Waals surface area contributed by atoms with Crippen LogP contribution in [0.3, 0.4) is 0 Å². The normalized spacial score (nSPS) is 16.9. The maximum absolute atomic E-state index is 11.0. The number of likely N-dealkylation sites (N-methyl/N-ethyl adjacent to an activating group) is 1. The summed E-state index contributed by atoms with van der Waals surface area (Å²) in [5.74, 6) is -0.246. The van der Waals surface area contributed by atoms with Crippen molar-refractivity contribution < 1.29 is 4.79 Å². The summed E-state index contributed by atoms with van der Waals surface area (Å²) in [5.41, 5.74) is 7.90. The molecule has 2 N–H and O–H groups in total. The van der Waals surface area contributed by atoms with Gasteiger partial charge in [0.1, 0.15) is 0 Å². The number of anilines is 1. The molecule has 1 amide bonds. The molecule has 1 aliphatic rings. The molecule has 2 rings (SSSR count). The molecule has 104 valence electrons. The summed E-state index contributed by atoms with van der Waals surface area (Å²) in [6.07, 6.45) is 2.16. The molecule has 0 unspecified atom stereocenters. The third-order valence-corrected chi connectivity index (χ3v) is 3.95. The number of para-hydroxylation sites is 1. The Morgan fingerprint density at radius 1 is 1.37 bits per heavy atom. The number of rotatable bonds is 4. The van der Waals surface area contributed by atoms with Crippen LogP contribution in [-0.2, 0) is 4.79 Å². The van der Waals surface area contributed by atoms with Crippen LogP contribution in [0.1, 0.15) is 18.4 Å². The average Bonchev–Trinajstić information content (AvgIpc) is 2.39. The molecule has 1 aromatic rings. The Kier molecular flexibility index (Phi) is 4.43. The Balaban J connectivity index is 1.92. The fourth-order valence-electron chi connectivity index (χ4n) is 2.84. The minimum atomic E-state index is -0.246. The minimum Gasteiger partial charge on any atom is -0.371 e. The second-order valence-electron chi connectivity index (χ2n) is 5.39. The van der Waals surface area contributed by atoms with Gasteiger partial charge in [0.15, 0.2) is 0 Å². The number of piperidine rings is 1. The van der Waals surface area contributed by atoms with Crippen LogP contribution in [0.15, 0.2) is 24.3 Å². The number of aryl methyl sites for hydroxylation is 1. The monoisotopic (exact) mass is 261 g/mol. The number of carbonyl (C=O) groups is 1. The number of hydrogen-bond donors (Lipinski definition) is 1. The van der Waals surface area contributed by atoms with Crippen molar-refractivity contribution in [1.82, 2.24) is 4.90 Å². The Hall–Kier alpha value is -1.55. The number of hydrogen-bond acceptors (Lipinski definition) is 3. The molecule has 4 nitrogen and oxygen atoms in total. The Bertz CT molecular complexity index is 439. The first-order valence-corrected chi connectivity index (χ1v) is 6.87. The van der Waals surface area contributed by atoms with Gasteiger partial charge >= 0.3 is 0 Å². The number of carbonyl (C=O) groups excluding carboxylic acids is 1. The van der Waals surface area contributed by atoms with Crippen LogP contribution in [0.4, 0.5) is 5.69 Å². The van der Waals surface area contributed by atoms with E-state index in [1.165, 1.54) is 11.3 Å². The number of nitrogens with zero attached hydrogens (tertiary/aromatic N) is 2. The lowest BCUT2D eigenvalue weighted by Gasteiger charge is -2.38. The van der Waals surface area contributed by atoms with Gasteiger partial charge in [0, 0.05) is 24.8 Å². The predicted octanol–water partition coefficient (Wildman–Crippen LogP) is 1.38. The van der Waals surface area contributed by atoms with Crippen molar-refractivity contribution in [2.75, 3.05) is 31.6 Å². The highest BCUT2D eigenvalue weighted by molar-refractivity contribution is 5.75. The fourth-order valence-corrected chi connectivity index (χ4v) is 2.84. The molecule has 0 atom stereocenters. The number of amides is 1. The molecule has 0 saturated carbocycles. The molecule has 0 bridgehead atoms. The van der Waals surface area contributed by atoms with Crippen molar-refractivity contribution >= 4 is 11.6 Å². The lowest BCUT2D eigenvalue weighted by Crippen LogP contribution is -2.46. The van der Waals surface area contributed by atoms with Gasteiger partial charge in [-0.2, -0.15) is 0 Å². The average molecular weight is 261 g/mol. The molecular formula is C15H23N3O. The van der Waals surface area contributed by atoms with E-state index < -0.39 is 0 Å². The van der Waals surface area contributed by atoms with Crippen molar-refractivity contribution in [3.8, 4) is 0 Å². The molecule has 19 heavy (non-hydrogen) atoms. The van der Waals surface area contributed by atoms with Crippen molar-refractivity contribution in [3.05, 3.63) is 29.8 Å². The topological polar surface area (TPSA) is 49.6 Å². The maximum atomic E-state index is 11.0. The van der Waals surface area contributed by atoms with Gasteiger partial charge in [0.05, 0.1) is 6.54 Å². The standard InChI is InChI=1S/C15H23N3O/c1-12-5-3-4-6-14(12)18-9-7-13(8-10-18)17(2)11-15(16)19/h3-6,13H,7-11H2,1-2H3,(H2,16,19). The molecule has 1 heterocycles. The molecule has 0 aromatic heterocycles. The molecule has 1 fully saturated rings. The lowest BCUT2D eigenvalue weighted by atomic mass is 10.0. The summed E-state index contributed by atoms with van der Waals surface area (Å²) in [7, 11) is 1.98. The summed E-state index contributed by atoms with van der Waals surface area (Å²) in [6.45, 7) is 4.59. The van der Waals surface area contributed by atoms with Crippen molar-refractivity contribution in [2.24, 2.45) is 5.73 Å². The van der Waals surface area contributed by atoms with Gasteiger partial charge in [-0.1, -0.05) is 18.2 Å². The largest absolute Gasteiger partial charge is 0.371 e. The van der Waals surface area contributed by atoms with Crippen LogP contribution in [-0.4, -0.2) is 43.5 Å². The van der Waals surface area contributed by atoms with E-state index in [2.05, 4.69) is 41.0 Å². The van der Waals surface area contributed by atoms with Crippen LogP contribution in [0.25, 0.3) is 0 Å². The van der Waals surface area contributed by atoms with Crippen molar-refractivity contribution in [1.29, 1.82) is 0 Å². The Morgan fingerprint density at radius 2 is 2.00 bits per heavy atom. The summed E-state index contributed by atoms with van der Waals surface area (Å²) in [5, 5.41) is 0. The third-order valence-electron chi connectivity index (χ3n) is 3.95. The molecule has 1 aromatic carbocycles.